The van der Waals surface area contributed by atoms with E-state index in [2.05, 4.69) is 27.4 Å². The van der Waals surface area contributed by atoms with E-state index in [-0.39, 0.29) is 0 Å². The molecule has 1 aromatic carbocycles. The fourth-order valence-corrected chi connectivity index (χ4v) is 1.89. The van der Waals surface area contributed by atoms with Gasteiger partial charge in [0.25, 0.3) is 0 Å². The molecule has 1 atom stereocenters. The Hall–Kier alpha value is -1.01. The second-order valence-corrected chi connectivity index (χ2v) is 4.56. The summed E-state index contributed by atoms with van der Waals surface area (Å²) in [6.45, 7) is 10.4. The minimum atomic E-state index is 0.579. The molecule has 0 fully saturated rings. The van der Waals surface area contributed by atoms with Gasteiger partial charge in [-0.1, -0.05) is 55.8 Å². The molecule has 1 rings (SSSR count). The first-order valence-corrected chi connectivity index (χ1v) is 6.07. The lowest BCUT2D eigenvalue weighted by atomic mass is 9.97. The van der Waals surface area contributed by atoms with Gasteiger partial charge in [0.15, 0.2) is 0 Å². The zero-order chi connectivity index (χ0) is 12.1. The van der Waals surface area contributed by atoms with Gasteiger partial charge in [0.2, 0.25) is 0 Å². The number of hydrogen-bond donors (Lipinski definition) is 0. The van der Waals surface area contributed by atoms with Gasteiger partial charge in [-0.25, -0.2) is 0 Å². The number of rotatable bonds is 3. The maximum atomic E-state index is 6.06. The number of benzene rings is 1. The van der Waals surface area contributed by atoms with E-state index in [4.69, 9.17) is 11.6 Å². The summed E-state index contributed by atoms with van der Waals surface area (Å²) in [6.07, 6.45) is 4.99. The molecule has 0 aromatic heterocycles. The monoisotopic (exact) mass is 234 g/mol. The summed E-state index contributed by atoms with van der Waals surface area (Å²) in [4.78, 5) is 0. The fourth-order valence-electron chi connectivity index (χ4n) is 1.71. The third-order valence-electron chi connectivity index (χ3n) is 3.09. The summed E-state index contributed by atoms with van der Waals surface area (Å²) in [5, 5.41) is 3.22. The van der Waals surface area contributed by atoms with Crippen LogP contribution in [0.2, 0.25) is 5.02 Å². The van der Waals surface area contributed by atoms with Crippen molar-refractivity contribution in [1.29, 1.82) is 0 Å². The van der Waals surface area contributed by atoms with Gasteiger partial charge in [-0.15, -0.1) is 0 Å². The first-order valence-electron chi connectivity index (χ1n) is 5.69. The SMILES string of the molecule is C=C/C=c1/ccc(Cl)c/c1=C(\C)C(C)CC. The third-order valence-corrected chi connectivity index (χ3v) is 3.32. The topological polar surface area (TPSA) is 0 Å². The number of hydrogen-bond acceptors (Lipinski definition) is 0. The van der Waals surface area contributed by atoms with Crippen molar-refractivity contribution in [2.75, 3.05) is 0 Å². The normalized spacial score (nSPS) is 15.9. The second kappa shape index (κ2) is 5.91. The quantitative estimate of drug-likeness (QED) is 0.751. The molecule has 0 aliphatic rings. The van der Waals surface area contributed by atoms with E-state index in [0.29, 0.717) is 5.92 Å². The minimum Gasteiger partial charge on any atom is -0.0990 e. The van der Waals surface area contributed by atoms with Crippen LogP contribution in [-0.4, -0.2) is 0 Å². The molecule has 1 heteroatoms. The fraction of sp³-hybridized carbons (Fsp3) is 0.333. The van der Waals surface area contributed by atoms with E-state index in [9.17, 15) is 0 Å². The summed E-state index contributed by atoms with van der Waals surface area (Å²) in [7, 11) is 0. The van der Waals surface area contributed by atoms with Gasteiger partial charge in [-0.2, -0.15) is 0 Å². The molecule has 1 aromatic rings. The van der Waals surface area contributed by atoms with Gasteiger partial charge in [0, 0.05) is 5.02 Å². The van der Waals surface area contributed by atoms with Crippen molar-refractivity contribution in [2.45, 2.75) is 27.2 Å². The Morgan fingerprint density at radius 2 is 2.19 bits per heavy atom. The van der Waals surface area contributed by atoms with Crippen molar-refractivity contribution >= 4 is 23.3 Å². The summed E-state index contributed by atoms with van der Waals surface area (Å²) >= 11 is 6.06. The molecule has 86 valence electrons. The third kappa shape index (κ3) is 2.99. The molecule has 0 spiro atoms. The Morgan fingerprint density at radius 3 is 2.75 bits per heavy atom. The van der Waals surface area contributed by atoms with E-state index in [0.717, 1.165) is 11.4 Å². The van der Waals surface area contributed by atoms with Crippen LogP contribution < -0.4 is 10.4 Å². The zero-order valence-electron chi connectivity index (χ0n) is 10.3. The van der Waals surface area contributed by atoms with Crippen LogP contribution in [-0.2, 0) is 0 Å². The van der Waals surface area contributed by atoms with Crippen molar-refractivity contribution in [3.05, 3.63) is 46.3 Å². The maximum Gasteiger partial charge on any atom is 0.0412 e. The molecule has 0 aliphatic carbocycles. The highest BCUT2D eigenvalue weighted by atomic mass is 35.5. The molecular weight excluding hydrogens is 216 g/mol. The summed E-state index contributed by atoms with van der Waals surface area (Å²) in [5.41, 5.74) is 1.39. The molecule has 16 heavy (non-hydrogen) atoms. The van der Waals surface area contributed by atoms with E-state index in [1.165, 1.54) is 16.0 Å². The molecular formula is C15H19Cl. The zero-order valence-corrected chi connectivity index (χ0v) is 11.0. The van der Waals surface area contributed by atoms with Crippen molar-refractivity contribution in [3.63, 3.8) is 0 Å². The van der Waals surface area contributed by atoms with Gasteiger partial charge in [-0.3, -0.25) is 0 Å². The highest BCUT2D eigenvalue weighted by Crippen LogP contribution is 2.12. The van der Waals surface area contributed by atoms with Crippen LogP contribution in [0.25, 0.3) is 11.6 Å². The molecule has 0 aliphatic heterocycles. The van der Waals surface area contributed by atoms with Crippen molar-refractivity contribution in [1.82, 2.24) is 0 Å². The van der Waals surface area contributed by atoms with Gasteiger partial charge < -0.3 is 0 Å². The predicted octanol–water partition coefficient (Wildman–Crippen LogP) is 3.52. The highest BCUT2D eigenvalue weighted by Gasteiger charge is 2.02. The molecule has 0 bridgehead atoms. The van der Waals surface area contributed by atoms with Crippen LogP contribution in [0.4, 0.5) is 0 Å². The second-order valence-electron chi connectivity index (χ2n) is 4.13. The Bertz CT molecular complexity index is 483. The first-order chi connectivity index (χ1) is 7.60. The molecule has 0 amide bonds. The Balaban J connectivity index is 3.58. The van der Waals surface area contributed by atoms with Gasteiger partial charge in [0.1, 0.15) is 0 Å². The van der Waals surface area contributed by atoms with Crippen LogP contribution in [0.1, 0.15) is 27.2 Å². The maximum absolute atomic E-state index is 6.06. The van der Waals surface area contributed by atoms with Crippen LogP contribution in [0, 0.1) is 5.92 Å². The Morgan fingerprint density at radius 1 is 1.50 bits per heavy atom. The molecule has 0 heterocycles. The van der Waals surface area contributed by atoms with E-state index < -0.39 is 0 Å². The van der Waals surface area contributed by atoms with Crippen LogP contribution in [0.15, 0.2) is 30.9 Å². The Labute approximate surface area is 103 Å². The number of allylic oxidation sites excluding steroid dienone is 1. The lowest BCUT2D eigenvalue weighted by Gasteiger charge is -2.09. The van der Waals surface area contributed by atoms with Gasteiger partial charge >= 0.3 is 0 Å². The largest absolute Gasteiger partial charge is 0.0990 e. The first kappa shape index (κ1) is 13.1. The lowest BCUT2D eigenvalue weighted by molar-refractivity contribution is 0.708. The summed E-state index contributed by atoms with van der Waals surface area (Å²) in [6, 6.07) is 6.01. The van der Waals surface area contributed by atoms with Crippen molar-refractivity contribution in [2.24, 2.45) is 5.92 Å². The minimum absolute atomic E-state index is 0.579. The molecule has 0 radical (unpaired) electrons. The van der Waals surface area contributed by atoms with Crippen molar-refractivity contribution < 1.29 is 0 Å². The lowest BCUT2D eigenvalue weighted by Crippen LogP contribution is -2.27. The van der Waals surface area contributed by atoms with Crippen molar-refractivity contribution in [3.8, 4) is 0 Å². The Kier molecular flexibility index (Phi) is 4.82. The average molecular weight is 235 g/mol. The molecule has 0 saturated carbocycles. The summed E-state index contributed by atoms with van der Waals surface area (Å²) < 4.78 is 0. The van der Waals surface area contributed by atoms with Gasteiger partial charge in [0.05, 0.1) is 0 Å². The smallest absolute Gasteiger partial charge is 0.0412 e. The molecule has 0 nitrogen and oxygen atoms in total. The average Bonchev–Trinajstić information content (AvgIpc) is 2.29. The standard InChI is InChI=1S/C15H19Cl/c1-5-7-13-8-9-14(16)10-15(13)12(4)11(3)6-2/h5,7-11H,1,6H2,2-4H3/b13-7-,15-12-. The molecule has 0 N–H and O–H groups in total. The predicted molar refractivity (Wildman–Crippen MR) is 73.9 cm³/mol. The van der Waals surface area contributed by atoms with Gasteiger partial charge in [-0.05, 0) is 41.8 Å². The van der Waals surface area contributed by atoms with E-state index >= 15 is 0 Å². The summed E-state index contributed by atoms with van der Waals surface area (Å²) in [5.74, 6) is 0.579. The van der Waals surface area contributed by atoms with E-state index in [1.807, 2.05) is 30.4 Å². The van der Waals surface area contributed by atoms with Crippen LogP contribution in [0.5, 0.6) is 0 Å². The van der Waals surface area contributed by atoms with Crippen LogP contribution in [0.3, 0.4) is 0 Å². The van der Waals surface area contributed by atoms with Crippen LogP contribution >= 0.6 is 11.6 Å². The molecule has 0 saturated heterocycles. The molecule has 1 unspecified atom stereocenters. The number of halogens is 1. The van der Waals surface area contributed by atoms with E-state index in [1.54, 1.807) is 0 Å². The highest BCUT2D eigenvalue weighted by molar-refractivity contribution is 6.30.